The molecule has 3 heteroatoms. The van der Waals surface area contributed by atoms with E-state index in [9.17, 15) is 0 Å². The largest absolute Gasteiger partial charge is 0.306 e. The van der Waals surface area contributed by atoms with E-state index in [-0.39, 0.29) is 0 Å². The predicted molar refractivity (Wildman–Crippen MR) is 82.6 cm³/mol. The highest BCUT2D eigenvalue weighted by Crippen LogP contribution is 2.26. The van der Waals surface area contributed by atoms with Crippen LogP contribution in [0, 0.1) is 5.92 Å². The van der Waals surface area contributed by atoms with Gasteiger partial charge in [-0.15, -0.1) is 0 Å². The summed E-state index contributed by atoms with van der Waals surface area (Å²) in [5, 5.41) is 6.97. The molecule has 110 valence electrons. The number of rotatable bonds is 4. The average molecular weight is 265 g/mol. The average Bonchev–Trinajstić information content (AvgIpc) is 2.46. The molecule has 2 saturated carbocycles. The van der Waals surface area contributed by atoms with Crippen LogP contribution in [0.25, 0.3) is 0 Å². The fourth-order valence-electron chi connectivity index (χ4n) is 3.52. The Balaban J connectivity index is 1.73. The molecule has 2 fully saturated rings. The molecule has 3 nitrogen and oxygen atoms in total. The molecule has 2 rings (SSSR count). The van der Waals surface area contributed by atoms with Gasteiger partial charge in [0, 0.05) is 25.3 Å². The molecule has 0 radical (unpaired) electrons. The van der Waals surface area contributed by atoms with Crippen LogP contribution < -0.4 is 0 Å². The van der Waals surface area contributed by atoms with Gasteiger partial charge in [0.25, 0.3) is 0 Å². The van der Waals surface area contributed by atoms with E-state index < -0.39 is 0 Å². The first-order chi connectivity index (χ1) is 9.16. The van der Waals surface area contributed by atoms with Crippen LogP contribution in [0.3, 0.4) is 0 Å². The van der Waals surface area contributed by atoms with E-state index in [1.165, 1.54) is 57.8 Å². The third-order valence-corrected chi connectivity index (χ3v) is 5.03. The lowest BCUT2D eigenvalue weighted by Crippen LogP contribution is -2.33. The summed E-state index contributed by atoms with van der Waals surface area (Å²) in [5.41, 5.74) is 0. The summed E-state index contributed by atoms with van der Waals surface area (Å²) in [6, 6.07) is 1.49. The summed E-state index contributed by atoms with van der Waals surface area (Å²) in [5.74, 6) is 0.710. The molecule has 0 N–H and O–H groups in total. The molecule has 0 bridgehead atoms. The Labute approximate surface area is 119 Å². The highest BCUT2D eigenvalue weighted by molar-refractivity contribution is 5.60. The second kappa shape index (κ2) is 7.28. The zero-order chi connectivity index (χ0) is 13.7. The second-order valence-corrected chi connectivity index (χ2v) is 6.66. The molecule has 0 spiro atoms. The van der Waals surface area contributed by atoms with Crippen LogP contribution in [0.5, 0.6) is 0 Å². The smallest absolute Gasteiger partial charge is 0.0467 e. The normalized spacial score (nSPS) is 30.1. The van der Waals surface area contributed by atoms with Gasteiger partial charge < -0.3 is 4.90 Å². The molecule has 0 aliphatic heterocycles. The van der Waals surface area contributed by atoms with Crippen molar-refractivity contribution < 1.29 is 0 Å². The van der Waals surface area contributed by atoms with Gasteiger partial charge in [0.15, 0.2) is 0 Å². The Kier molecular flexibility index (Phi) is 5.68. The standard InChI is InChI=1S/C16H31N3/c1-18(2)15-11-9-14(10-12-15)13-17-19(3)16-7-5-4-6-8-16/h13-16H,4-12H2,1-3H3. The summed E-state index contributed by atoms with van der Waals surface area (Å²) in [7, 11) is 6.57. The number of nitrogens with zero attached hydrogens (tertiary/aromatic N) is 3. The van der Waals surface area contributed by atoms with Crippen molar-refractivity contribution in [2.24, 2.45) is 11.0 Å². The van der Waals surface area contributed by atoms with Gasteiger partial charge in [0.2, 0.25) is 0 Å². The van der Waals surface area contributed by atoms with Crippen LogP contribution in [0.1, 0.15) is 57.8 Å². The SMILES string of the molecule is CN(C)C1CCC(C=NN(C)C2CCCCC2)CC1. The molecule has 0 aromatic heterocycles. The third kappa shape index (κ3) is 4.48. The van der Waals surface area contributed by atoms with Crippen molar-refractivity contribution >= 4 is 6.21 Å². The monoisotopic (exact) mass is 265 g/mol. The summed E-state index contributed by atoms with van der Waals surface area (Å²) in [6.07, 6.45) is 14.4. The number of hydrogen-bond acceptors (Lipinski definition) is 3. The second-order valence-electron chi connectivity index (χ2n) is 6.66. The molecule has 2 aliphatic carbocycles. The molecular weight excluding hydrogens is 234 g/mol. The van der Waals surface area contributed by atoms with E-state index in [4.69, 9.17) is 5.10 Å². The molecule has 0 atom stereocenters. The molecule has 0 heterocycles. The maximum Gasteiger partial charge on any atom is 0.0467 e. The molecule has 0 amide bonds. The molecular formula is C16H31N3. The van der Waals surface area contributed by atoms with Crippen LogP contribution in [-0.4, -0.2) is 49.4 Å². The van der Waals surface area contributed by atoms with Crippen molar-refractivity contribution in [3.05, 3.63) is 0 Å². The molecule has 0 unspecified atom stereocenters. The Morgan fingerprint density at radius 3 is 2.00 bits per heavy atom. The first-order valence-electron chi connectivity index (χ1n) is 8.10. The Hall–Kier alpha value is -0.570. The van der Waals surface area contributed by atoms with Crippen molar-refractivity contribution in [3.63, 3.8) is 0 Å². The minimum atomic E-state index is 0.697. The Morgan fingerprint density at radius 1 is 0.789 bits per heavy atom. The Bertz CT molecular complexity index is 274. The van der Waals surface area contributed by atoms with Crippen molar-refractivity contribution in [3.8, 4) is 0 Å². The maximum atomic E-state index is 4.74. The van der Waals surface area contributed by atoms with Gasteiger partial charge in [-0.2, -0.15) is 5.10 Å². The van der Waals surface area contributed by atoms with Crippen molar-refractivity contribution in [1.29, 1.82) is 0 Å². The lowest BCUT2D eigenvalue weighted by Gasteiger charge is -2.32. The molecule has 0 aromatic rings. The van der Waals surface area contributed by atoms with E-state index >= 15 is 0 Å². The molecule has 0 saturated heterocycles. The van der Waals surface area contributed by atoms with E-state index in [2.05, 4.69) is 37.3 Å². The minimum absolute atomic E-state index is 0.697. The quantitative estimate of drug-likeness (QED) is 0.573. The van der Waals surface area contributed by atoms with Crippen LogP contribution in [0.4, 0.5) is 0 Å². The van der Waals surface area contributed by atoms with E-state index in [0.717, 1.165) is 6.04 Å². The van der Waals surface area contributed by atoms with Gasteiger partial charge in [0.1, 0.15) is 0 Å². The fraction of sp³-hybridized carbons (Fsp3) is 0.938. The maximum absolute atomic E-state index is 4.74. The number of hydrazone groups is 1. The predicted octanol–water partition coefficient (Wildman–Crippen LogP) is 3.36. The first-order valence-corrected chi connectivity index (χ1v) is 8.10. The molecule has 0 aromatic carbocycles. The van der Waals surface area contributed by atoms with E-state index in [1.54, 1.807) is 0 Å². The molecule has 2 aliphatic rings. The zero-order valence-electron chi connectivity index (χ0n) is 13.0. The fourth-order valence-corrected chi connectivity index (χ4v) is 3.52. The lowest BCUT2D eigenvalue weighted by molar-refractivity contribution is 0.194. The topological polar surface area (TPSA) is 18.8 Å². The van der Waals surface area contributed by atoms with Crippen LogP contribution in [-0.2, 0) is 0 Å². The first kappa shape index (κ1) is 14.8. The summed E-state index contributed by atoms with van der Waals surface area (Å²) in [6.45, 7) is 0. The summed E-state index contributed by atoms with van der Waals surface area (Å²) < 4.78 is 0. The van der Waals surface area contributed by atoms with Gasteiger partial charge >= 0.3 is 0 Å². The highest BCUT2D eigenvalue weighted by atomic mass is 15.4. The van der Waals surface area contributed by atoms with E-state index in [0.29, 0.717) is 12.0 Å². The van der Waals surface area contributed by atoms with Gasteiger partial charge in [0.05, 0.1) is 0 Å². The summed E-state index contributed by atoms with van der Waals surface area (Å²) in [4.78, 5) is 2.38. The minimum Gasteiger partial charge on any atom is -0.306 e. The van der Waals surface area contributed by atoms with Crippen LogP contribution in [0.15, 0.2) is 5.10 Å². The zero-order valence-corrected chi connectivity index (χ0v) is 13.0. The van der Waals surface area contributed by atoms with Gasteiger partial charge in [-0.3, -0.25) is 5.01 Å². The number of hydrogen-bond donors (Lipinski definition) is 0. The summed E-state index contributed by atoms with van der Waals surface area (Å²) >= 11 is 0. The van der Waals surface area contributed by atoms with Gasteiger partial charge in [-0.25, -0.2) is 0 Å². The third-order valence-electron chi connectivity index (χ3n) is 5.03. The van der Waals surface area contributed by atoms with Crippen molar-refractivity contribution in [2.45, 2.75) is 69.9 Å². The van der Waals surface area contributed by atoms with Crippen LogP contribution in [0.2, 0.25) is 0 Å². The van der Waals surface area contributed by atoms with Crippen molar-refractivity contribution in [2.75, 3.05) is 21.1 Å². The van der Waals surface area contributed by atoms with E-state index in [1.807, 2.05) is 0 Å². The molecule has 19 heavy (non-hydrogen) atoms. The lowest BCUT2D eigenvalue weighted by atomic mass is 9.86. The van der Waals surface area contributed by atoms with Gasteiger partial charge in [-0.1, -0.05) is 19.3 Å². The van der Waals surface area contributed by atoms with Crippen molar-refractivity contribution in [1.82, 2.24) is 9.91 Å². The highest BCUT2D eigenvalue weighted by Gasteiger charge is 2.22. The Morgan fingerprint density at radius 2 is 1.42 bits per heavy atom. The van der Waals surface area contributed by atoms with Gasteiger partial charge in [-0.05, 0) is 58.5 Å². The van der Waals surface area contributed by atoms with Crippen LogP contribution >= 0.6 is 0 Å².